The molecule has 21 heavy (non-hydrogen) atoms. The van der Waals surface area contributed by atoms with E-state index in [0.717, 1.165) is 0 Å². The summed E-state index contributed by atoms with van der Waals surface area (Å²) in [6, 6.07) is 7.24. The summed E-state index contributed by atoms with van der Waals surface area (Å²) in [5.41, 5.74) is -2.37. The van der Waals surface area contributed by atoms with Gasteiger partial charge in [-0.2, -0.15) is 0 Å². The predicted molar refractivity (Wildman–Crippen MR) is 76.7 cm³/mol. The van der Waals surface area contributed by atoms with Crippen LogP contribution in [0, 0.1) is 5.92 Å². The molecule has 113 valence electrons. The Morgan fingerprint density at radius 2 is 2.05 bits per heavy atom. The van der Waals surface area contributed by atoms with Crippen LogP contribution in [0.4, 0.5) is 4.39 Å². The third-order valence-corrected chi connectivity index (χ3v) is 5.45. The maximum atomic E-state index is 14.3. The van der Waals surface area contributed by atoms with Crippen LogP contribution in [-0.4, -0.2) is 56.6 Å². The third kappa shape index (κ3) is 3.51. The average Bonchev–Trinajstić information content (AvgIpc) is 2.95. The summed E-state index contributed by atoms with van der Waals surface area (Å²) in [6.45, 7) is 0.767. The number of carbonyl (C=O) groups excluding carboxylic acids is 1. The van der Waals surface area contributed by atoms with Crippen molar-refractivity contribution in [3.63, 3.8) is 0 Å². The van der Waals surface area contributed by atoms with Crippen LogP contribution in [0.5, 0.6) is 0 Å². The fraction of sp³-hybridized carbons (Fsp3) is 0.462. The van der Waals surface area contributed by atoms with Crippen LogP contribution in [0.3, 0.4) is 0 Å². The topological polar surface area (TPSA) is 74.7 Å². The third-order valence-electron chi connectivity index (χ3n) is 3.65. The molecule has 1 aliphatic heterocycles. The first-order chi connectivity index (χ1) is 9.96. The van der Waals surface area contributed by atoms with E-state index < -0.39 is 27.4 Å². The van der Waals surface area contributed by atoms with E-state index >= 15 is 0 Å². The van der Waals surface area contributed by atoms with Gasteiger partial charge in [0, 0.05) is 5.92 Å². The van der Waals surface area contributed by atoms with Crippen LogP contribution >= 0.6 is 0 Å². The zero-order chi connectivity index (χ0) is 15.5. The van der Waals surface area contributed by atoms with E-state index in [1.165, 1.54) is 31.7 Å². The monoisotopic (exact) mass is 312 g/mol. The Morgan fingerprint density at radius 1 is 1.38 bits per heavy atom. The summed E-state index contributed by atoms with van der Waals surface area (Å²) in [4.78, 5) is 11.9. The summed E-state index contributed by atoms with van der Waals surface area (Å²) in [7, 11) is -2.91. The molecule has 1 saturated heterocycles. The number of aliphatic hydroxyl groups is 1. The molecule has 8 heteroatoms. The van der Waals surface area contributed by atoms with E-state index in [4.69, 9.17) is 0 Å². The Hall–Kier alpha value is -1.25. The molecule has 1 N–H and O–H groups in total. The van der Waals surface area contributed by atoms with Crippen LogP contribution in [0.1, 0.15) is 6.42 Å². The van der Waals surface area contributed by atoms with Crippen molar-refractivity contribution in [3.8, 4) is 0 Å². The fourth-order valence-electron chi connectivity index (χ4n) is 2.45. The molecule has 1 aliphatic rings. The molecule has 1 fully saturated rings. The lowest BCUT2D eigenvalue weighted by Crippen LogP contribution is -2.38. The molecule has 2 unspecified atom stereocenters. The van der Waals surface area contributed by atoms with Gasteiger partial charge in [0.1, 0.15) is 6.10 Å². The standard InChI is InChI=1S/C13H16BFNO4S/c15-13(21(19,20)11-4-2-1-3-5-11)12(18)10-6-7-16(8-10)14-9-17/h1-5,9-10,12-13,18H,6-8H2/t10-,12?,13?/m0/s1. The van der Waals surface area contributed by atoms with E-state index in [9.17, 15) is 22.7 Å². The Morgan fingerprint density at radius 3 is 2.67 bits per heavy atom. The van der Waals surface area contributed by atoms with Gasteiger partial charge < -0.3 is 14.7 Å². The van der Waals surface area contributed by atoms with E-state index in [1.54, 1.807) is 10.9 Å². The van der Waals surface area contributed by atoms with Gasteiger partial charge in [0.25, 0.3) is 7.41 Å². The van der Waals surface area contributed by atoms with Gasteiger partial charge in [-0.3, -0.25) is 0 Å². The van der Waals surface area contributed by atoms with Gasteiger partial charge in [-0.15, -0.1) is 0 Å². The summed E-state index contributed by atoms with van der Waals surface area (Å²) in [6.07, 6.45) is -0.557. The molecule has 0 amide bonds. The Labute approximate surface area is 123 Å². The molecule has 0 saturated carbocycles. The van der Waals surface area contributed by atoms with Gasteiger partial charge >= 0.3 is 0 Å². The zero-order valence-electron chi connectivity index (χ0n) is 11.3. The van der Waals surface area contributed by atoms with Gasteiger partial charge in [-0.05, 0) is 31.6 Å². The number of halogens is 1. The first-order valence-electron chi connectivity index (χ1n) is 6.60. The van der Waals surface area contributed by atoms with Gasteiger partial charge in [-0.25, -0.2) is 12.8 Å². The number of benzene rings is 1. The number of alkyl halides is 1. The van der Waals surface area contributed by atoms with Crippen LogP contribution in [0.15, 0.2) is 35.2 Å². The zero-order valence-corrected chi connectivity index (χ0v) is 12.1. The molecule has 2 rings (SSSR count). The van der Waals surface area contributed by atoms with Crippen molar-refractivity contribution < 1.29 is 22.7 Å². The summed E-state index contributed by atoms with van der Waals surface area (Å²) in [5, 5.41) is 10.0. The highest BCUT2D eigenvalue weighted by Crippen LogP contribution is 2.27. The van der Waals surface area contributed by atoms with Crippen molar-refractivity contribution in [2.24, 2.45) is 5.92 Å². The maximum absolute atomic E-state index is 14.3. The normalized spacial score (nSPS) is 22.7. The van der Waals surface area contributed by atoms with Crippen LogP contribution in [-0.2, 0) is 14.6 Å². The number of hydrogen-bond acceptors (Lipinski definition) is 5. The lowest BCUT2D eigenvalue weighted by molar-refractivity contribution is 0.0679. The van der Waals surface area contributed by atoms with E-state index in [0.29, 0.717) is 19.2 Å². The van der Waals surface area contributed by atoms with E-state index in [-0.39, 0.29) is 11.4 Å². The second-order valence-electron chi connectivity index (χ2n) is 5.03. The Bertz CT molecular complexity index is 583. The summed E-state index contributed by atoms with van der Waals surface area (Å²) < 4.78 is 38.5. The smallest absolute Gasteiger partial charge is 0.293 e. The highest BCUT2D eigenvalue weighted by Gasteiger charge is 2.40. The molecule has 0 aromatic heterocycles. The maximum Gasteiger partial charge on any atom is 0.293 e. The number of nitrogens with zero attached hydrogens (tertiary/aromatic N) is 1. The lowest BCUT2D eigenvalue weighted by atomic mass is 9.95. The van der Waals surface area contributed by atoms with Gasteiger partial charge in [-0.1, -0.05) is 18.2 Å². The molecular weight excluding hydrogens is 296 g/mol. The molecule has 1 heterocycles. The Kier molecular flexibility index (Phi) is 5.13. The minimum absolute atomic E-state index is 0.147. The van der Waals surface area contributed by atoms with Crippen LogP contribution < -0.4 is 0 Å². The first-order valence-corrected chi connectivity index (χ1v) is 8.15. The second kappa shape index (κ2) is 6.68. The van der Waals surface area contributed by atoms with Crippen molar-refractivity contribution in [2.45, 2.75) is 22.9 Å². The SMILES string of the molecule is O=C[B]N1CC[C@H](C(O)C(F)S(=O)(=O)c2ccccc2)C1. The number of sulfone groups is 1. The minimum Gasteiger partial charge on any atom is -0.389 e. The number of hydrogen-bond donors (Lipinski definition) is 1. The van der Waals surface area contributed by atoms with Crippen LogP contribution in [0.25, 0.3) is 0 Å². The van der Waals surface area contributed by atoms with Crippen molar-refractivity contribution in [1.29, 1.82) is 0 Å². The highest BCUT2D eigenvalue weighted by atomic mass is 32.2. The molecule has 1 radical (unpaired) electrons. The summed E-state index contributed by atoms with van der Waals surface area (Å²) in [5.74, 6) is -0.519. The minimum atomic E-state index is -4.22. The summed E-state index contributed by atoms with van der Waals surface area (Å²) >= 11 is 0. The number of rotatable bonds is 6. The average molecular weight is 312 g/mol. The van der Waals surface area contributed by atoms with Gasteiger partial charge in [0.15, 0.2) is 0 Å². The molecule has 0 bridgehead atoms. The van der Waals surface area contributed by atoms with Crippen LogP contribution in [0.2, 0.25) is 0 Å². The second-order valence-corrected chi connectivity index (χ2v) is 7.04. The van der Waals surface area contributed by atoms with E-state index in [2.05, 4.69) is 0 Å². The first kappa shape index (κ1) is 16.1. The number of aliphatic hydroxyl groups excluding tert-OH is 1. The molecular formula is C13H16BFNO4S. The molecule has 0 aliphatic carbocycles. The molecule has 3 atom stereocenters. The van der Waals surface area contributed by atoms with Crippen molar-refractivity contribution in [2.75, 3.05) is 13.1 Å². The molecule has 1 aromatic carbocycles. The number of carbonyl (C=O) groups is 1. The highest BCUT2D eigenvalue weighted by molar-refractivity contribution is 7.92. The molecule has 0 spiro atoms. The van der Waals surface area contributed by atoms with Crippen molar-refractivity contribution >= 4 is 23.4 Å². The van der Waals surface area contributed by atoms with E-state index in [1.807, 2.05) is 0 Å². The largest absolute Gasteiger partial charge is 0.389 e. The Balaban J connectivity index is 2.09. The fourth-order valence-corrected chi connectivity index (χ4v) is 3.84. The molecule has 5 nitrogen and oxygen atoms in total. The quantitative estimate of drug-likeness (QED) is 0.602. The molecule has 1 aromatic rings. The van der Waals surface area contributed by atoms with Crippen molar-refractivity contribution in [1.82, 2.24) is 4.81 Å². The van der Waals surface area contributed by atoms with Gasteiger partial charge in [0.2, 0.25) is 15.3 Å². The predicted octanol–water partition coefficient (Wildman–Crippen LogP) is 0.248. The van der Waals surface area contributed by atoms with Gasteiger partial charge in [0.05, 0.1) is 11.1 Å². The lowest BCUT2D eigenvalue weighted by Gasteiger charge is -2.22. The van der Waals surface area contributed by atoms with Crippen molar-refractivity contribution in [3.05, 3.63) is 30.3 Å².